The molecule has 0 aliphatic heterocycles. The summed E-state index contributed by atoms with van der Waals surface area (Å²) in [7, 11) is 2.03. The van der Waals surface area contributed by atoms with Gasteiger partial charge in [0, 0.05) is 25.4 Å². The van der Waals surface area contributed by atoms with Gasteiger partial charge in [-0.15, -0.1) is 11.6 Å². The summed E-state index contributed by atoms with van der Waals surface area (Å²) in [6.45, 7) is 6.82. The number of alkyl halides is 1. The van der Waals surface area contributed by atoms with Crippen LogP contribution in [0.1, 0.15) is 51.2 Å². The van der Waals surface area contributed by atoms with E-state index in [1.54, 1.807) is 0 Å². The van der Waals surface area contributed by atoms with Crippen LogP contribution in [-0.2, 0) is 19.9 Å². The molecule has 2 heterocycles. The molecular weight excluding hydrogens is 272 g/mol. The smallest absolute Gasteiger partial charge is 0.158 e. The Bertz CT molecular complexity index is 638. The van der Waals surface area contributed by atoms with Crippen LogP contribution in [-0.4, -0.2) is 25.2 Å². The van der Waals surface area contributed by atoms with Crippen molar-refractivity contribution in [2.45, 2.75) is 52.5 Å². The average Bonchev–Trinajstić information content (AvgIpc) is 2.73. The Morgan fingerprint density at radius 3 is 2.60 bits per heavy atom. The van der Waals surface area contributed by atoms with Crippen molar-refractivity contribution in [2.24, 2.45) is 12.5 Å². The highest BCUT2D eigenvalue weighted by molar-refractivity contribution is 6.17. The van der Waals surface area contributed by atoms with Crippen LogP contribution in [0.4, 0.5) is 0 Å². The third-order valence-corrected chi connectivity index (χ3v) is 4.58. The molecule has 0 saturated heterocycles. The van der Waals surface area contributed by atoms with Crippen molar-refractivity contribution in [3.63, 3.8) is 0 Å². The quantitative estimate of drug-likeness (QED) is 0.792. The van der Waals surface area contributed by atoms with Gasteiger partial charge in [0.05, 0.1) is 5.69 Å². The summed E-state index contributed by atoms with van der Waals surface area (Å²) in [4.78, 5) is 4.86. The Hall–Kier alpha value is -1.03. The molecule has 20 heavy (non-hydrogen) atoms. The number of halogens is 1. The molecule has 0 radical (unpaired) electrons. The van der Waals surface area contributed by atoms with Crippen LogP contribution in [0.15, 0.2) is 0 Å². The van der Waals surface area contributed by atoms with Crippen molar-refractivity contribution in [1.29, 1.82) is 0 Å². The molecule has 1 aliphatic rings. The molecule has 0 N–H and O–H groups in total. The van der Waals surface area contributed by atoms with Gasteiger partial charge in [0.25, 0.3) is 0 Å². The molecule has 3 rings (SSSR count). The van der Waals surface area contributed by atoms with E-state index in [4.69, 9.17) is 16.6 Å². The maximum atomic E-state index is 5.96. The predicted octanol–water partition coefficient (Wildman–Crippen LogP) is 3.47. The minimum Gasteiger partial charge on any atom is -0.309 e. The largest absolute Gasteiger partial charge is 0.309 e. The Labute approximate surface area is 125 Å². The van der Waals surface area contributed by atoms with Crippen molar-refractivity contribution in [3.05, 3.63) is 11.5 Å². The molecule has 4 nitrogen and oxygen atoms in total. The van der Waals surface area contributed by atoms with Gasteiger partial charge in [-0.05, 0) is 18.3 Å². The van der Waals surface area contributed by atoms with Crippen LogP contribution < -0.4 is 0 Å². The molecule has 1 aliphatic carbocycles. The van der Waals surface area contributed by atoms with Crippen LogP contribution in [0.3, 0.4) is 0 Å². The number of aromatic nitrogens is 4. The molecule has 2 aromatic rings. The number of rotatable bonds is 5. The van der Waals surface area contributed by atoms with Gasteiger partial charge in [0.15, 0.2) is 5.65 Å². The first-order chi connectivity index (χ1) is 9.49. The van der Waals surface area contributed by atoms with Crippen molar-refractivity contribution in [1.82, 2.24) is 19.3 Å². The van der Waals surface area contributed by atoms with Gasteiger partial charge >= 0.3 is 0 Å². The minimum atomic E-state index is 0.365. The maximum absolute atomic E-state index is 5.96. The number of nitrogens with zero attached hydrogens (tertiary/aromatic N) is 4. The first-order valence-electron chi connectivity index (χ1n) is 7.48. The van der Waals surface area contributed by atoms with Crippen LogP contribution in [0.5, 0.6) is 0 Å². The lowest BCUT2D eigenvalue weighted by atomic mass is 10.2. The van der Waals surface area contributed by atoms with Crippen LogP contribution in [0, 0.1) is 5.41 Å². The van der Waals surface area contributed by atoms with Crippen LogP contribution >= 0.6 is 11.6 Å². The third kappa shape index (κ3) is 2.05. The van der Waals surface area contributed by atoms with Gasteiger partial charge in [-0.2, -0.15) is 5.10 Å². The summed E-state index contributed by atoms with van der Waals surface area (Å²) in [5, 5.41) is 4.66. The van der Waals surface area contributed by atoms with Crippen LogP contribution in [0.2, 0.25) is 0 Å². The molecule has 1 atom stereocenters. The molecule has 0 bridgehead atoms. The van der Waals surface area contributed by atoms with Crippen LogP contribution in [0.25, 0.3) is 11.2 Å². The summed E-state index contributed by atoms with van der Waals surface area (Å²) < 4.78 is 4.39. The van der Waals surface area contributed by atoms with E-state index in [1.807, 2.05) is 11.7 Å². The number of hydrogen-bond donors (Lipinski definition) is 0. The normalized spacial score (nSPS) is 20.8. The highest BCUT2D eigenvalue weighted by Crippen LogP contribution is 2.56. The SMILES string of the molecule is CCCc1nn(C)c2c1nc(CCCl)n2C1CC1(C)C. The highest BCUT2D eigenvalue weighted by Gasteiger charge is 2.49. The molecular formula is C15H23ClN4. The zero-order chi connectivity index (χ0) is 14.5. The van der Waals surface area contributed by atoms with Crippen molar-refractivity contribution in [3.8, 4) is 0 Å². The topological polar surface area (TPSA) is 35.6 Å². The Morgan fingerprint density at radius 1 is 1.35 bits per heavy atom. The Kier molecular flexibility index (Phi) is 3.32. The number of imidazole rings is 1. The summed E-state index contributed by atoms with van der Waals surface area (Å²) in [5.74, 6) is 1.74. The van der Waals surface area contributed by atoms with E-state index in [1.165, 1.54) is 12.1 Å². The predicted molar refractivity (Wildman–Crippen MR) is 82.4 cm³/mol. The summed E-state index contributed by atoms with van der Waals surface area (Å²) in [5.41, 5.74) is 3.74. The lowest BCUT2D eigenvalue weighted by molar-refractivity contribution is 0.528. The van der Waals surface area contributed by atoms with E-state index in [0.29, 0.717) is 17.3 Å². The number of aryl methyl sites for hydroxylation is 3. The summed E-state index contributed by atoms with van der Waals surface area (Å²) in [6, 6.07) is 0.538. The lowest BCUT2D eigenvalue weighted by Gasteiger charge is -2.10. The number of fused-ring (bicyclic) bond motifs is 1. The fraction of sp³-hybridized carbons (Fsp3) is 0.733. The standard InChI is InChI=1S/C15H23ClN4/c1-5-6-10-13-14(19(4)18-10)20(11-9-15(11,2)3)12(17-13)7-8-16/h11H,5-9H2,1-4H3. The second-order valence-electron chi connectivity index (χ2n) is 6.54. The molecule has 0 spiro atoms. The minimum absolute atomic E-state index is 0.365. The molecule has 110 valence electrons. The van der Waals surface area contributed by atoms with Gasteiger partial charge in [-0.3, -0.25) is 4.68 Å². The Balaban J connectivity index is 2.16. The Morgan fingerprint density at radius 2 is 2.05 bits per heavy atom. The monoisotopic (exact) mass is 294 g/mol. The van der Waals surface area contributed by atoms with E-state index >= 15 is 0 Å². The molecule has 1 fully saturated rings. The summed E-state index contributed by atoms with van der Waals surface area (Å²) in [6.07, 6.45) is 4.12. The van der Waals surface area contributed by atoms with E-state index in [0.717, 1.165) is 36.3 Å². The van der Waals surface area contributed by atoms with Gasteiger partial charge < -0.3 is 4.57 Å². The molecule has 0 amide bonds. The lowest BCUT2D eigenvalue weighted by Crippen LogP contribution is -2.09. The first-order valence-corrected chi connectivity index (χ1v) is 8.01. The second kappa shape index (κ2) is 4.76. The van der Waals surface area contributed by atoms with E-state index < -0.39 is 0 Å². The van der Waals surface area contributed by atoms with E-state index in [-0.39, 0.29) is 0 Å². The molecule has 1 saturated carbocycles. The highest BCUT2D eigenvalue weighted by atomic mass is 35.5. The second-order valence-corrected chi connectivity index (χ2v) is 6.92. The molecule has 5 heteroatoms. The summed E-state index contributed by atoms with van der Waals surface area (Å²) >= 11 is 5.96. The fourth-order valence-corrected chi connectivity index (χ4v) is 3.29. The van der Waals surface area contributed by atoms with E-state index in [2.05, 4.69) is 30.4 Å². The van der Waals surface area contributed by atoms with Gasteiger partial charge in [0.2, 0.25) is 0 Å². The fourth-order valence-electron chi connectivity index (χ4n) is 3.12. The first kappa shape index (κ1) is 13.9. The number of hydrogen-bond acceptors (Lipinski definition) is 2. The molecule has 1 unspecified atom stereocenters. The third-order valence-electron chi connectivity index (χ3n) is 4.39. The van der Waals surface area contributed by atoms with Gasteiger partial charge in [0.1, 0.15) is 11.3 Å². The zero-order valence-electron chi connectivity index (χ0n) is 12.8. The van der Waals surface area contributed by atoms with Crippen molar-refractivity contribution in [2.75, 3.05) is 5.88 Å². The molecule has 0 aromatic carbocycles. The zero-order valence-corrected chi connectivity index (χ0v) is 13.5. The van der Waals surface area contributed by atoms with Gasteiger partial charge in [-0.1, -0.05) is 27.2 Å². The molecule has 2 aromatic heterocycles. The maximum Gasteiger partial charge on any atom is 0.158 e. The average molecular weight is 295 g/mol. The van der Waals surface area contributed by atoms with Crippen molar-refractivity contribution >= 4 is 22.8 Å². The van der Waals surface area contributed by atoms with Gasteiger partial charge in [-0.25, -0.2) is 4.98 Å². The van der Waals surface area contributed by atoms with E-state index in [9.17, 15) is 0 Å². The van der Waals surface area contributed by atoms with Crippen molar-refractivity contribution < 1.29 is 0 Å².